The second kappa shape index (κ2) is 9.15. The molecule has 0 aliphatic carbocycles. The summed E-state index contributed by atoms with van der Waals surface area (Å²) in [6.07, 6.45) is 1.36. The van der Waals surface area contributed by atoms with Crippen molar-refractivity contribution in [3.8, 4) is 5.69 Å². The molecule has 1 aromatic heterocycles. The number of benzene rings is 2. The molecule has 2 N–H and O–H groups in total. The molecule has 160 valence electrons. The van der Waals surface area contributed by atoms with E-state index in [-0.39, 0.29) is 34.5 Å². The first-order valence-electron chi connectivity index (χ1n) is 9.78. The van der Waals surface area contributed by atoms with Crippen LogP contribution in [0.25, 0.3) is 11.4 Å². The molecule has 31 heavy (non-hydrogen) atoms. The smallest absolute Gasteiger partial charge is 0.267 e. The zero-order valence-electron chi connectivity index (χ0n) is 16.7. The van der Waals surface area contributed by atoms with Gasteiger partial charge in [0.1, 0.15) is 17.3 Å². The maximum absolute atomic E-state index is 14.5. The van der Waals surface area contributed by atoms with Crippen molar-refractivity contribution in [1.82, 2.24) is 15.0 Å². The minimum absolute atomic E-state index is 0.0413. The van der Waals surface area contributed by atoms with Crippen molar-refractivity contribution < 1.29 is 18.4 Å². The zero-order valence-corrected chi connectivity index (χ0v) is 16.7. The van der Waals surface area contributed by atoms with E-state index in [9.17, 15) is 8.78 Å². The van der Waals surface area contributed by atoms with Gasteiger partial charge in [-0.2, -0.15) is 5.90 Å². The number of aliphatic imine (C=N–C) groups is 1. The second-order valence-corrected chi connectivity index (χ2v) is 7.03. The van der Waals surface area contributed by atoms with Gasteiger partial charge in [0.05, 0.1) is 11.4 Å². The van der Waals surface area contributed by atoms with Gasteiger partial charge >= 0.3 is 0 Å². The van der Waals surface area contributed by atoms with Crippen LogP contribution in [0.3, 0.4) is 0 Å². The summed E-state index contributed by atoms with van der Waals surface area (Å²) < 4.78 is 35.6. The fourth-order valence-corrected chi connectivity index (χ4v) is 3.59. The number of ether oxygens (including phenoxy) is 1. The lowest BCUT2D eigenvalue weighted by atomic mass is 9.94. The van der Waals surface area contributed by atoms with E-state index in [4.69, 9.17) is 15.5 Å². The van der Waals surface area contributed by atoms with Crippen molar-refractivity contribution in [1.29, 1.82) is 0 Å². The summed E-state index contributed by atoms with van der Waals surface area (Å²) >= 11 is 0. The molecule has 0 saturated carbocycles. The van der Waals surface area contributed by atoms with Crippen molar-refractivity contribution in [2.75, 3.05) is 13.2 Å². The first kappa shape index (κ1) is 20.8. The average molecular weight is 425 g/mol. The van der Waals surface area contributed by atoms with Crippen LogP contribution in [0.1, 0.15) is 35.7 Å². The van der Waals surface area contributed by atoms with Crippen LogP contribution in [0.4, 0.5) is 8.78 Å². The molecule has 0 spiro atoms. The number of para-hydroxylation sites is 1. The van der Waals surface area contributed by atoms with E-state index in [1.54, 1.807) is 36.4 Å². The summed E-state index contributed by atoms with van der Waals surface area (Å²) in [7, 11) is 0. The van der Waals surface area contributed by atoms with E-state index in [0.29, 0.717) is 31.7 Å². The Kier molecular flexibility index (Phi) is 6.15. The van der Waals surface area contributed by atoms with Crippen molar-refractivity contribution >= 4 is 11.6 Å². The molecule has 7 nitrogen and oxygen atoms in total. The normalized spacial score (nSPS) is 15.1. The molecule has 0 unspecified atom stereocenters. The van der Waals surface area contributed by atoms with E-state index in [1.807, 2.05) is 0 Å². The standard InChI is InChI=1S/C22H21F2N5O2/c1-14(16-6-2-3-7-17(16)23)26-22(31-25)20-21(15-10-12-30-13-11-15)29(28-27-20)19-9-5-4-8-18(19)24/h2-9,15H,1,10-13,25H2/b26-22-. The van der Waals surface area contributed by atoms with Gasteiger partial charge in [-0.3, -0.25) is 0 Å². The van der Waals surface area contributed by atoms with Crippen molar-refractivity contribution in [2.24, 2.45) is 10.9 Å². The first-order valence-corrected chi connectivity index (χ1v) is 9.78. The second-order valence-electron chi connectivity index (χ2n) is 7.03. The SMILES string of the molecule is C=C(/N=C(\ON)c1nnn(-c2ccccc2F)c1C1CCOCC1)c1ccccc1F. The highest BCUT2D eigenvalue weighted by Crippen LogP contribution is 2.32. The molecule has 0 bridgehead atoms. The molecule has 1 aliphatic rings. The van der Waals surface area contributed by atoms with Gasteiger partial charge in [-0.05, 0) is 37.1 Å². The van der Waals surface area contributed by atoms with Gasteiger partial charge < -0.3 is 9.57 Å². The highest BCUT2D eigenvalue weighted by Gasteiger charge is 2.30. The van der Waals surface area contributed by atoms with Gasteiger partial charge in [0.2, 0.25) is 0 Å². The van der Waals surface area contributed by atoms with Crippen LogP contribution in [-0.2, 0) is 9.57 Å². The lowest BCUT2D eigenvalue weighted by Crippen LogP contribution is -2.22. The van der Waals surface area contributed by atoms with Crippen LogP contribution in [0.2, 0.25) is 0 Å². The molecular weight excluding hydrogens is 404 g/mol. The molecule has 1 aliphatic heterocycles. The van der Waals surface area contributed by atoms with Crippen LogP contribution in [0.15, 0.2) is 60.1 Å². The largest absolute Gasteiger partial charge is 0.389 e. The first-order chi connectivity index (χ1) is 15.1. The fourth-order valence-electron chi connectivity index (χ4n) is 3.59. The van der Waals surface area contributed by atoms with Crippen molar-refractivity contribution in [3.63, 3.8) is 0 Å². The third-order valence-corrected chi connectivity index (χ3v) is 5.13. The summed E-state index contributed by atoms with van der Waals surface area (Å²) in [5.41, 5.74) is 1.39. The Morgan fingerprint density at radius 1 is 1.10 bits per heavy atom. The summed E-state index contributed by atoms with van der Waals surface area (Å²) in [5, 5.41) is 8.34. The molecule has 9 heteroatoms. The van der Waals surface area contributed by atoms with Crippen molar-refractivity contribution in [2.45, 2.75) is 18.8 Å². The Balaban J connectivity index is 1.82. The molecular formula is C22H21F2N5O2. The molecule has 2 heterocycles. The number of aromatic nitrogens is 3. The maximum Gasteiger partial charge on any atom is 0.267 e. The van der Waals surface area contributed by atoms with Crippen LogP contribution in [-0.4, -0.2) is 34.1 Å². The molecule has 0 radical (unpaired) electrons. The molecule has 1 saturated heterocycles. The lowest BCUT2D eigenvalue weighted by Gasteiger charge is -2.23. The van der Waals surface area contributed by atoms with Crippen LogP contribution >= 0.6 is 0 Å². The third-order valence-electron chi connectivity index (χ3n) is 5.13. The van der Waals surface area contributed by atoms with Gasteiger partial charge in [-0.15, -0.1) is 5.10 Å². The fraction of sp³-hybridized carbons (Fsp3) is 0.227. The quantitative estimate of drug-likeness (QED) is 0.382. The Morgan fingerprint density at radius 2 is 1.77 bits per heavy atom. The summed E-state index contributed by atoms with van der Waals surface area (Å²) in [6, 6.07) is 12.4. The number of nitrogens with zero attached hydrogens (tertiary/aromatic N) is 4. The van der Waals surface area contributed by atoms with Crippen LogP contribution < -0.4 is 5.90 Å². The zero-order chi connectivity index (χ0) is 21.8. The van der Waals surface area contributed by atoms with E-state index >= 15 is 0 Å². The summed E-state index contributed by atoms with van der Waals surface area (Å²) in [6.45, 7) is 4.91. The number of hydrogen-bond donors (Lipinski definition) is 1. The third kappa shape index (κ3) is 4.23. The van der Waals surface area contributed by atoms with E-state index < -0.39 is 11.6 Å². The topological polar surface area (TPSA) is 87.5 Å². The molecule has 0 atom stereocenters. The molecule has 2 aromatic carbocycles. The molecule has 3 aromatic rings. The molecule has 0 amide bonds. The Morgan fingerprint density at radius 3 is 2.45 bits per heavy atom. The van der Waals surface area contributed by atoms with Gasteiger partial charge in [0.25, 0.3) is 5.90 Å². The molecule has 4 rings (SSSR count). The number of rotatable bonds is 5. The monoisotopic (exact) mass is 425 g/mol. The highest BCUT2D eigenvalue weighted by atomic mass is 19.1. The van der Waals surface area contributed by atoms with E-state index in [0.717, 1.165) is 0 Å². The predicted molar refractivity (Wildman–Crippen MR) is 111 cm³/mol. The Hall–Kier alpha value is -3.43. The number of nitrogens with two attached hydrogens (primary N) is 1. The van der Waals surface area contributed by atoms with Crippen LogP contribution in [0.5, 0.6) is 0 Å². The predicted octanol–water partition coefficient (Wildman–Crippen LogP) is 3.75. The van der Waals surface area contributed by atoms with Crippen molar-refractivity contribution in [3.05, 3.63) is 83.7 Å². The summed E-state index contributed by atoms with van der Waals surface area (Å²) in [5.74, 6) is 4.45. The Labute approximate surface area is 177 Å². The van der Waals surface area contributed by atoms with Gasteiger partial charge in [0.15, 0.2) is 5.69 Å². The van der Waals surface area contributed by atoms with E-state index in [1.165, 1.54) is 16.8 Å². The van der Waals surface area contributed by atoms with Crippen LogP contribution in [0, 0.1) is 11.6 Å². The number of hydrogen-bond acceptors (Lipinski definition) is 6. The average Bonchev–Trinajstić information content (AvgIpc) is 3.23. The number of halogens is 2. The Bertz CT molecular complexity index is 1120. The van der Waals surface area contributed by atoms with Gasteiger partial charge in [-0.25, -0.2) is 18.5 Å². The summed E-state index contributed by atoms with van der Waals surface area (Å²) in [4.78, 5) is 9.28. The minimum atomic E-state index is -0.479. The van der Waals surface area contributed by atoms with Gasteiger partial charge in [-0.1, -0.05) is 36.1 Å². The molecule has 1 fully saturated rings. The van der Waals surface area contributed by atoms with E-state index in [2.05, 4.69) is 21.9 Å². The minimum Gasteiger partial charge on any atom is -0.389 e. The van der Waals surface area contributed by atoms with Gasteiger partial charge in [0, 0.05) is 24.7 Å². The maximum atomic E-state index is 14.5. The lowest BCUT2D eigenvalue weighted by molar-refractivity contribution is 0.0839. The highest BCUT2D eigenvalue weighted by molar-refractivity contribution is 5.96.